The van der Waals surface area contributed by atoms with Crippen LogP contribution in [-0.4, -0.2) is 21.8 Å². The van der Waals surface area contributed by atoms with Crippen LogP contribution in [0.4, 0.5) is 4.39 Å². The summed E-state index contributed by atoms with van der Waals surface area (Å²) in [6.45, 7) is 0.345. The van der Waals surface area contributed by atoms with Gasteiger partial charge in [0.05, 0.1) is 0 Å². The first-order valence-electron chi connectivity index (χ1n) is 6.88. The lowest BCUT2D eigenvalue weighted by atomic mass is 10.2. The van der Waals surface area contributed by atoms with Crippen LogP contribution in [-0.2, 0) is 6.54 Å². The number of nitrogens with one attached hydrogen (secondary N) is 1. The van der Waals surface area contributed by atoms with Gasteiger partial charge >= 0.3 is 0 Å². The number of halogens is 1. The van der Waals surface area contributed by atoms with Crippen molar-refractivity contribution in [3.63, 3.8) is 0 Å². The van der Waals surface area contributed by atoms with Crippen LogP contribution in [0.3, 0.4) is 0 Å². The second-order valence-corrected chi connectivity index (χ2v) is 5.22. The van der Waals surface area contributed by atoms with Crippen molar-refractivity contribution in [2.45, 2.75) is 25.4 Å². The molecule has 1 aliphatic rings. The lowest BCUT2D eigenvalue weighted by molar-refractivity contribution is 0.0723. The molecule has 1 aromatic heterocycles. The summed E-state index contributed by atoms with van der Waals surface area (Å²) in [5, 5.41) is 0. The Balaban J connectivity index is 1.85. The smallest absolute Gasteiger partial charge is 0.270 e. The van der Waals surface area contributed by atoms with E-state index in [1.807, 2.05) is 0 Å². The van der Waals surface area contributed by atoms with Gasteiger partial charge in [0.15, 0.2) is 0 Å². The van der Waals surface area contributed by atoms with E-state index in [-0.39, 0.29) is 29.0 Å². The molecule has 0 unspecified atom stereocenters. The molecule has 5 heteroatoms. The molecule has 1 saturated carbocycles. The Kier molecular flexibility index (Phi) is 3.56. The molecule has 21 heavy (non-hydrogen) atoms. The van der Waals surface area contributed by atoms with Gasteiger partial charge in [-0.3, -0.25) is 9.59 Å². The van der Waals surface area contributed by atoms with E-state index in [9.17, 15) is 14.0 Å². The Morgan fingerprint density at radius 1 is 1.24 bits per heavy atom. The minimum absolute atomic E-state index is 0.171. The summed E-state index contributed by atoms with van der Waals surface area (Å²) >= 11 is 0. The number of aromatic amines is 1. The molecule has 0 bridgehead atoms. The van der Waals surface area contributed by atoms with E-state index in [1.165, 1.54) is 18.2 Å². The van der Waals surface area contributed by atoms with E-state index in [0.29, 0.717) is 6.54 Å². The third-order valence-corrected chi connectivity index (χ3v) is 3.49. The summed E-state index contributed by atoms with van der Waals surface area (Å²) in [5.74, 6) is -0.539. The predicted molar refractivity (Wildman–Crippen MR) is 76.4 cm³/mol. The molecule has 1 aromatic carbocycles. The van der Waals surface area contributed by atoms with Gasteiger partial charge in [0.1, 0.15) is 11.5 Å². The van der Waals surface area contributed by atoms with E-state index in [4.69, 9.17) is 0 Å². The van der Waals surface area contributed by atoms with Gasteiger partial charge in [-0.2, -0.15) is 0 Å². The number of carbonyl (C=O) groups excluding carboxylic acids is 1. The third-order valence-electron chi connectivity index (χ3n) is 3.49. The molecule has 1 aliphatic carbocycles. The van der Waals surface area contributed by atoms with E-state index in [2.05, 4.69) is 4.98 Å². The molecule has 1 amide bonds. The SMILES string of the molecule is O=C(c1cccc(=O)[nH]1)N(Cc1cccc(F)c1)C1CC1. The highest BCUT2D eigenvalue weighted by molar-refractivity contribution is 5.92. The summed E-state index contributed by atoms with van der Waals surface area (Å²) in [4.78, 5) is 28.1. The fourth-order valence-electron chi connectivity index (χ4n) is 2.31. The number of carbonyl (C=O) groups is 1. The van der Waals surface area contributed by atoms with Crippen molar-refractivity contribution < 1.29 is 9.18 Å². The van der Waals surface area contributed by atoms with Gasteiger partial charge in [-0.15, -0.1) is 0 Å². The van der Waals surface area contributed by atoms with Crippen molar-refractivity contribution in [3.8, 4) is 0 Å². The summed E-state index contributed by atoms with van der Waals surface area (Å²) in [5.41, 5.74) is 0.710. The van der Waals surface area contributed by atoms with Crippen LogP contribution in [0.15, 0.2) is 47.3 Å². The van der Waals surface area contributed by atoms with Crippen molar-refractivity contribution in [1.82, 2.24) is 9.88 Å². The first-order valence-corrected chi connectivity index (χ1v) is 6.88. The predicted octanol–water partition coefficient (Wildman–Crippen LogP) is 2.32. The fourth-order valence-corrected chi connectivity index (χ4v) is 2.31. The Morgan fingerprint density at radius 2 is 2.00 bits per heavy atom. The number of amides is 1. The number of hydrogen-bond donors (Lipinski definition) is 1. The van der Waals surface area contributed by atoms with Crippen LogP contribution in [0.5, 0.6) is 0 Å². The maximum atomic E-state index is 13.3. The summed E-state index contributed by atoms with van der Waals surface area (Å²) in [6, 6.07) is 10.9. The molecule has 0 saturated heterocycles. The fraction of sp³-hybridized carbons (Fsp3) is 0.250. The summed E-state index contributed by atoms with van der Waals surface area (Å²) < 4.78 is 13.3. The maximum absolute atomic E-state index is 13.3. The van der Waals surface area contributed by atoms with Crippen molar-refractivity contribution >= 4 is 5.91 Å². The average molecular weight is 286 g/mol. The quantitative estimate of drug-likeness (QED) is 0.937. The summed E-state index contributed by atoms with van der Waals surface area (Å²) in [7, 11) is 0. The van der Waals surface area contributed by atoms with Crippen LogP contribution in [0.2, 0.25) is 0 Å². The van der Waals surface area contributed by atoms with Gasteiger partial charge in [-0.1, -0.05) is 18.2 Å². The highest BCUT2D eigenvalue weighted by atomic mass is 19.1. The molecule has 1 heterocycles. The number of pyridine rings is 1. The maximum Gasteiger partial charge on any atom is 0.270 e. The number of rotatable bonds is 4. The van der Waals surface area contributed by atoms with E-state index >= 15 is 0 Å². The van der Waals surface area contributed by atoms with Crippen molar-refractivity contribution in [2.24, 2.45) is 0 Å². The highest BCUT2D eigenvalue weighted by Gasteiger charge is 2.33. The van der Waals surface area contributed by atoms with Gasteiger partial charge in [0.25, 0.3) is 5.91 Å². The van der Waals surface area contributed by atoms with Gasteiger partial charge in [0, 0.05) is 18.7 Å². The molecular weight excluding hydrogens is 271 g/mol. The van der Waals surface area contributed by atoms with E-state index in [0.717, 1.165) is 18.4 Å². The molecule has 0 aliphatic heterocycles. The standard InChI is InChI=1S/C16H15FN2O2/c17-12-4-1-3-11(9-12)10-19(13-7-8-13)16(21)14-5-2-6-15(20)18-14/h1-6,9,13H,7-8,10H2,(H,18,20). The lowest BCUT2D eigenvalue weighted by Crippen LogP contribution is -2.34. The van der Waals surface area contributed by atoms with Crippen LogP contribution < -0.4 is 5.56 Å². The number of hydrogen-bond acceptors (Lipinski definition) is 2. The molecule has 1 fully saturated rings. The lowest BCUT2D eigenvalue weighted by Gasteiger charge is -2.22. The molecule has 4 nitrogen and oxygen atoms in total. The zero-order valence-corrected chi connectivity index (χ0v) is 11.4. The Bertz CT molecular complexity index is 722. The largest absolute Gasteiger partial charge is 0.330 e. The van der Waals surface area contributed by atoms with Crippen LogP contribution in [0, 0.1) is 5.82 Å². The van der Waals surface area contributed by atoms with E-state index in [1.54, 1.807) is 29.2 Å². The average Bonchev–Trinajstić information content (AvgIpc) is 3.29. The van der Waals surface area contributed by atoms with Crippen LogP contribution in [0.1, 0.15) is 28.9 Å². The molecule has 0 atom stereocenters. The first-order chi connectivity index (χ1) is 10.1. The monoisotopic (exact) mass is 286 g/mol. The third kappa shape index (κ3) is 3.18. The topological polar surface area (TPSA) is 53.2 Å². The van der Waals surface area contributed by atoms with Crippen molar-refractivity contribution in [2.75, 3.05) is 0 Å². The summed E-state index contributed by atoms with van der Waals surface area (Å²) in [6.07, 6.45) is 1.89. The van der Waals surface area contributed by atoms with Crippen molar-refractivity contribution in [1.29, 1.82) is 0 Å². The van der Waals surface area contributed by atoms with Crippen LogP contribution in [0.25, 0.3) is 0 Å². The second kappa shape index (κ2) is 5.52. The van der Waals surface area contributed by atoms with Gasteiger partial charge in [-0.25, -0.2) is 4.39 Å². The normalized spacial score (nSPS) is 14.0. The molecule has 3 rings (SSSR count). The zero-order chi connectivity index (χ0) is 14.8. The Morgan fingerprint density at radius 3 is 2.67 bits per heavy atom. The highest BCUT2D eigenvalue weighted by Crippen LogP contribution is 2.29. The molecule has 0 radical (unpaired) electrons. The molecule has 108 valence electrons. The molecule has 0 spiro atoms. The molecule has 1 N–H and O–H groups in total. The number of aromatic nitrogens is 1. The Labute approximate surface area is 121 Å². The minimum Gasteiger partial charge on any atom is -0.330 e. The number of H-pyrrole nitrogens is 1. The molecular formula is C16H15FN2O2. The van der Waals surface area contributed by atoms with Crippen LogP contribution >= 0.6 is 0 Å². The number of benzene rings is 1. The zero-order valence-electron chi connectivity index (χ0n) is 11.4. The second-order valence-electron chi connectivity index (χ2n) is 5.22. The minimum atomic E-state index is -0.316. The molecule has 2 aromatic rings. The Hall–Kier alpha value is -2.43. The first kappa shape index (κ1) is 13.5. The number of nitrogens with zero attached hydrogens (tertiary/aromatic N) is 1. The van der Waals surface area contributed by atoms with Gasteiger partial charge < -0.3 is 9.88 Å². The van der Waals surface area contributed by atoms with Crippen molar-refractivity contribution in [3.05, 3.63) is 69.9 Å². The van der Waals surface area contributed by atoms with Gasteiger partial charge in [-0.05, 0) is 36.6 Å². The van der Waals surface area contributed by atoms with Gasteiger partial charge in [0.2, 0.25) is 5.56 Å². The van der Waals surface area contributed by atoms with E-state index < -0.39 is 0 Å².